The molecule has 0 atom stereocenters. The summed E-state index contributed by atoms with van der Waals surface area (Å²) in [7, 11) is 1.55. The zero-order chi connectivity index (χ0) is 13.0. The van der Waals surface area contributed by atoms with Crippen LogP contribution >= 0.6 is 0 Å². The number of carbonyl (C=O) groups is 1. The summed E-state index contributed by atoms with van der Waals surface area (Å²) in [6.45, 7) is 0. The topological polar surface area (TPSA) is 46.5 Å². The Labute approximate surface area is 106 Å². The first kappa shape index (κ1) is 12.2. The molecule has 3 heteroatoms. The number of methoxy groups -OCH3 is 1. The largest absolute Gasteiger partial charge is 0.496 e. The van der Waals surface area contributed by atoms with Crippen molar-refractivity contribution in [1.29, 1.82) is 0 Å². The second-order valence-electron chi connectivity index (χ2n) is 3.95. The average molecular weight is 242 g/mol. The van der Waals surface area contributed by atoms with Crippen LogP contribution in [0.15, 0.2) is 48.5 Å². The van der Waals surface area contributed by atoms with Crippen LogP contribution in [0.25, 0.3) is 0 Å². The highest BCUT2D eigenvalue weighted by Crippen LogP contribution is 2.25. The molecule has 0 radical (unpaired) electrons. The molecule has 0 saturated carbocycles. The van der Waals surface area contributed by atoms with Gasteiger partial charge in [0.2, 0.25) is 0 Å². The fourth-order valence-electron chi connectivity index (χ4n) is 1.94. The van der Waals surface area contributed by atoms with E-state index in [1.807, 2.05) is 30.3 Å². The highest BCUT2D eigenvalue weighted by atomic mass is 16.5. The summed E-state index contributed by atoms with van der Waals surface area (Å²) < 4.78 is 5.25. The van der Waals surface area contributed by atoms with Gasteiger partial charge in [-0.25, -0.2) is 4.79 Å². The van der Waals surface area contributed by atoms with E-state index in [1.165, 1.54) is 0 Å². The number of carboxylic acid groups (broad SMARTS) is 1. The number of benzene rings is 2. The maximum absolute atomic E-state index is 11.2. The maximum atomic E-state index is 11.2. The second-order valence-corrected chi connectivity index (χ2v) is 3.95. The van der Waals surface area contributed by atoms with E-state index in [4.69, 9.17) is 4.74 Å². The zero-order valence-corrected chi connectivity index (χ0v) is 10.1. The lowest BCUT2D eigenvalue weighted by Gasteiger charge is -2.11. The Bertz CT molecular complexity index is 547. The van der Waals surface area contributed by atoms with Gasteiger partial charge in [0.05, 0.1) is 12.7 Å². The summed E-state index contributed by atoms with van der Waals surface area (Å²) in [5, 5.41) is 9.21. The fraction of sp³-hybridized carbons (Fsp3) is 0.133. The van der Waals surface area contributed by atoms with Gasteiger partial charge in [0.25, 0.3) is 0 Å². The van der Waals surface area contributed by atoms with E-state index in [-0.39, 0.29) is 0 Å². The lowest BCUT2D eigenvalue weighted by Crippen LogP contribution is -2.05. The lowest BCUT2D eigenvalue weighted by molar-refractivity contribution is 0.0695. The molecule has 0 aliphatic carbocycles. The molecule has 0 spiro atoms. The first-order chi connectivity index (χ1) is 8.72. The molecule has 3 nitrogen and oxygen atoms in total. The molecule has 18 heavy (non-hydrogen) atoms. The third kappa shape index (κ3) is 2.51. The van der Waals surface area contributed by atoms with Crippen molar-refractivity contribution >= 4 is 5.97 Å². The van der Waals surface area contributed by atoms with Gasteiger partial charge >= 0.3 is 5.97 Å². The Kier molecular flexibility index (Phi) is 3.63. The zero-order valence-electron chi connectivity index (χ0n) is 10.1. The van der Waals surface area contributed by atoms with E-state index in [2.05, 4.69) is 0 Å². The van der Waals surface area contributed by atoms with Crippen LogP contribution < -0.4 is 4.74 Å². The molecular weight excluding hydrogens is 228 g/mol. The fourth-order valence-corrected chi connectivity index (χ4v) is 1.94. The highest BCUT2D eigenvalue weighted by Gasteiger charge is 2.14. The second kappa shape index (κ2) is 5.36. The molecule has 0 aliphatic rings. The predicted molar refractivity (Wildman–Crippen MR) is 69.2 cm³/mol. The minimum absolute atomic E-state index is 0.290. The molecule has 0 heterocycles. The molecule has 0 aliphatic heterocycles. The number of hydrogen-bond acceptors (Lipinski definition) is 2. The van der Waals surface area contributed by atoms with Crippen molar-refractivity contribution in [2.45, 2.75) is 6.42 Å². The third-order valence-corrected chi connectivity index (χ3v) is 2.81. The Hall–Kier alpha value is -2.29. The van der Waals surface area contributed by atoms with Crippen molar-refractivity contribution in [2.24, 2.45) is 0 Å². The van der Waals surface area contributed by atoms with Gasteiger partial charge < -0.3 is 9.84 Å². The molecular formula is C15H14O3. The minimum Gasteiger partial charge on any atom is -0.496 e. The van der Waals surface area contributed by atoms with Gasteiger partial charge in [-0.3, -0.25) is 0 Å². The third-order valence-electron chi connectivity index (χ3n) is 2.81. The van der Waals surface area contributed by atoms with Crippen molar-refractivity contribution in [3.05, 3.63) is 65.2 Å². The van der Waals surface area contributed by atoms with Crippen molar-refractivity contribution in [3.8, 4) is 5.75 Å². The monoisotopic (exact) mass is 242 g/mol. The molecule has 2 rings (SSSR count). The van der Waals surface area contributed by atoms with Gasteiger partial charge in [-0.2, -0.15) is 0 Å². The van der Waals surface area contributed by atoms with E-state index in [9.17, 15) is 9.90 Å². The van der Waals surface area contributed by atoms with Gasteiger partial charge in [0.1, 0.15) is 5.75 Å². The Morgan fingerprint density at radius 3 is 2.44 bits per heavy atom. The molecule has 0 bridgehead atoms. The Balaban J connectivity index is 2.44. The van der Waals surface area contributed by atoms with Crippen LogP contribution in [0.3, 0.4) is 0 Å². The van der Waals surface area contributed by atoms with E-state index in [0.717, 1.165) is 5.56 Å². The van der Waals surface area contributed by atoms with Crippen LogP contribution in [0.1, 0.15) is 21.5 Å². The number of ether oxygens (including phenoxy) is 1. The molecule has 0 saturated heterocycles. The van der Waals surface area contributed by atoms with Crippen molar-refractivity contribution in [3.63, 3.8) is 0 Å². The predicted octanol–water partition coefficient (Wildman–Crippen LogP) is 2.98. The molecule has 0 unspecified atom stereocenters. The van der Waals surface area contributed by atoms with E-state index >= 15 is 0 Å². The normalized spacial score (nSPS) is 10.1. The summed E-state index contributed by atoms with van der Waals surface area (Å²) in [6.07, 6.45) is 0.548. The van der Waals surface area contributed by atoms with E-state index in [0.29, 0.717) is 23.3 Å². The number of carboxylic acids is 1. The first-order valence-electron chi connectivity index (χ1n) is 5.65. The van der Waals surface area contributed by atoms with Crippen molar-refractivity contribution < 1.29 is 14.6 Å². The summed E-state index contributed by atoms with van der Waals surface area (Å²) >= 11 is 0. The smallest absolute Gasteiger partial charge is 0.336 e. The summed E-state index contributed by atoms with van der Waals surface area (Å²) in [5.74, 6) is -0.321. The standard InChI is InChI=1S/C15H14O3/c1-18-14-9-5-8-12(15(16)17)13(14)10-11-6-3-2-4-7-11/h2-9H,10H2,1H3,(H,16,17). The molecule has 2 aromatic carbocycles. The molecule has 92 valence electrons. The van der Waals surface area contributed by atoms with Crippen LogP contribution in [-0.4, -0.2) is 18.2 Å². The van der Waals surface area contributed by atoms with Gasteiger partial charge in [-0.1, -0.05) is 36.4 Å². The van der Waals surface area contributed by atoms with Crippen LogP contribution in [-0.2, 0) is 6.42 Å². The Morgan fingerprint density at radius 2 is 1.83 bits per heavy atom. The minimum atomic E-state index is -0.931. The van der Waals surface area contributed by atoms with Crippen LogP contribution in [0.5, 0.6) is 5.75 Å². The van der Waals surface area contributed by atoms with Gasteiger partial charge in [-0.05, 0) is 17.7 Å². The number of aromatic carboxylic acids is 1. The quantitative estimate of drug-likeness (QED) is 0.896. The average Bonchev–Trinajstić information content (AvgIpc) is 2.40. The Morgan fingerprint density at radius 1 is 1.11 bits per heavy atom. The molecule has 0 amide bonds. The number of rotatable bonds is 4. The molecule has 2 aromatic rings. The summed E-state index contributed by atoms with van der Waals surface area (Å²) in [5.41, 5.74) is 2.06. The van der Waals surface area contributed by atoms with E-state index < -0.39 is 5.97 Å². The SMILES string of the molecule is COc1cccc(C(=O)O)c1Cc1ccccc1. The number of hydrogen-bond donors (Lipinski definition) is 1. The highest BCUT2D eigenvalue weighted by molar-refractivity contribution is 5.90. The maximum Gasteiger partial charge on any atom is 0.336 e. The van der Waals surface area contributed by atoms with Crippen LogP contribution in [0, 0.1) is 0 Å². The summed E-state index contributed by atoms with van der Waals surface area (Å²) in [4.78, 5) is 11.2. The lowest BCUT2D eigenvalue weighted by atomic mass is 9.99. The molecule has 0 aromatic heterocycles. The van der Waals surface area contributed by atoms with Crippen molar-refractivity contribution in [2.75, 3.05) is 7.11 Å². The summed E-state index contributed by atoms with van der Waals surface area (Å²) in [6, 6.07) is 14.8. The molecule has 1 N–H and O–H groups in total. The van der Waals surface area contributed by atoms with Crippen LogP contribution in [0.4, 0.5) is 0 Å². The van der Waals surface area contributed by atoms with Crippen molar-refractivity contribution in [1.82, 2.24) is 0 Å². The van der Waals surface area contributed by atoms with Gasteiger partial charge in [0, 0.05) is 12.0 Å². The van der Waals surface area contributed by atoms with Gasteiger partial charge in [0.15, 0.2) is 0 Å². The van der Waals surface area contributed by atoms with E-state index in [1.54, 1.807) is 25.3 Å². The van der Waals surface area contributed by atoms with Crippen LogP contribution in [0.2, 0.25) is 0 Å². The van der Waals surface area contributed by atoms with Gasteiger partial charge in [-0.15, -0.1) is 0 Å². The molecule has 0 fully saturated rings. The first-order valence-corrected chi connectivity index (χ1v) is 5.65.